The molecule has 2 heterocycles. The van der Waals surface area contributed by atoms with Gasteiger partial charge in [0.25, 0.3) is 0 Å². The summed E-state index contributed by atoms with van der Waals surface area (Å²) >= 11 is 1.57. The summed E-state index contributed by atoms with van der Waals surface area (Å²) in [7, 11) is 1.70. The van der Waals surface area contributed by atoms with Crippen molar-refractivity contribution in [2.75, 3.05) is 7.05 Å². The fourth-order valence-electron chi connectivity index (χ4n) is 2.05. The van der Waals surface area contributed by atoms with Crippen molar-refractivity contribution in [3.05, 3.63) is 27.5 Å². The van der Waals surface area contributed by atoms with Crippen molar-refractivity contribution in [2.45, 2.75) is 33.4 Å². The lowest BCUT2D eigenvalue weighted by Gasteiger charge is -2.24. The number of aromatic nitrogens is 4. The van der Waals surface area contributed by atoms with Crippen molar-refractivity contribution >= 4 is 23.2 Å². The second-order valence-corrected chi connectivity index (χ2v) is 6.20. The molecule has 8 nitrogen and oxygen atoms in total. The number of carboxylic acid groups (broad SMARTS) is 1. The molecular weight excluding hydrogens is 306 g/mol. The fourth-order valence-corrected chi connectivity index (χ4v) is 3.07. The molecule has 2 aromatic heterocycles. The molecule has 0 aliphatic heterocycles. The Hall–Kier alpha value is -2.29. The first-order valence-electron chi connectivity index (χ1n) is 6.62. The van der Waals surface area contributed by atoms with Crippen molar-refractivity contribution in [1.29, 1.82) is 0 Å². The largest absolute Gasteiger partial charge is 0.476 e. The van der Waals surface area contributed by atoms with E-state index in [1.807, 2.05) is 20.8 Å². The highest BCUT2D eigenvalue weighted by Gasteiger charge is 2.22. The normalized spacial score (nSPS) is 12.2. The van der Waals surface area contributed by atoms with Crippen LogP contribution in [0.4, 0.5) is 0 Å². The van der Waals surface area contributed by atoms with E-state index in [4.69, 9.17) is 5.11 Å². The Bertz CT molecular complexity index is 708. The Morgan fingerprint density at radius 1 is 1.45 bits per heavy atom. The van der Waals surface area contributed by atoms with E-state index in [9.17, 15) is 9.59 Å². The molecule has 0 spiro atoms. The van der Waals surface area contributed by atoms with Crippen LogP contribution in [0.1, 0.15) is 39.0 Å². The Kier molecular flexibility index (Phi) is 4.55. The van der Waals surface area contributed by atoms with Gasteiger partial charge >= 0.3 is 5.97 Å². The predicted octanol–water partition coefficient (Wildman–Crippen LogP) is 1.27. The van der Waals surface area contributed by atoms with Crippen LogP contribution in [-0.2, 0) is 11.3 Å². The summed E-state index contributed by atoms with van der Waals surface area (Å²) < 4.78 is 1.22. The lowest BCUT2D eigenvalue weighted by molar-refractivity contribution is -0.132. The van der Waals surface area contributed by atoms with Crippen molar-refractivity contribution in [2.24, 2.45) is 0 Å². The van der Waals surface area contributed by atoms with Gasteiger partial charge in [0.15, 0.2) is 5.69 Å². The number of rotatable bonds is 5. The van der Waals surface area contributed by atoms with E-state index in [1.165, 1.54) is 10.9 Å². The van der Waals surface area contributed by atoms with E-state index < -0.39 is 5.97 Å². The van der Waals surface area contributed by atoms with Gasteiger partial charge in [-0.3, -0.25) is 4.79 Å². The molecule has 0 radical (unpaired) electrons. The van der Waals surface area contributed by atoms with Gasteiger partial charge in [0.05, 0.1) is 22.9 Å². The number of carbonyl (C=O) groups is 2. The molecule has 22 heavy (non-hydrogen) atoms. The molecule has 1 unspecified atom stereocenters. The SMILES string of the molecule is Cc1nc(C)c(C(C)N(C)C(=O)Cn2cc(C(=O)O)nn2)s1. The molecule has 1 amide bonds. The minimum Gasteiger partial charge on any atom is -0.476 e. The van der Waals surface area contributed by atoms with Gasteiger partial charge in [-0.05, 0) is 20.8 Å². The quantitative estimate of drug-likeness (QED) is 0.889. The highest BCUT2D eigenvalue weighted by atomic mass is 32.1. The third kappa shape index (κ3) is 3.30. The summed E-state index contributed by atoms with van der Waals surface area (Å²) in [5.41, 5.74) is 0.737. The second kappa shape index (κ2) is 6.22. The molecule has 0 fully saturated rings. The summed E-state index contributed by atoms with van der Waals surface area (Å²) in [4.78, 5) is 30.1. The number of thiazole rings is 1. The molecule has 0 aromatic carbocycles. The molecule has 2 aromatic rings. The van der Waals surface area contributed by atoms with Crippen molar-refractivity contribution < 1.29 is 14.7 Å². The predicted molar refractivity (Wildman–Crippen MR) is 79.8 cm³/mol. The number of aryl methyl sites for hydroxylation is 2. The summed E-state index contributed by atoms with van der Waals surface area (Å²) in [5, 5.41) is 16.9. The number of nitrogens with zero attached hydrogens (tertiary/aromatic N) is 5. The van der Waals surface area contributed by atoms with Crippen LogP contribution < -0.4 is 0 Å². The molecule has 0 aliphatic carbocycles. The van der Waals surface area contributed by atoms with Crippen LogP contribution in [0.3, 0.4) is 0 Å². The van der Waals surface area contributed by atoms with Crippen LogP contribution >= 0.6 is 11.3 Å². The lowest BCUT2D eigenvalue weighted by atomic mass is 10.2. The van der Waals surface area contributed by atoms with Gasteiger partial charge in [-0.25, -0.2) is 14.5 Å². The average Bonchev–Trinajstić information content (AvgIpc) is 3.03. The molecule has 0 saturated heterocycles. The number of hydrogen-bond donors (Lipinski definition) is 1. The number of carboxylic acids is 1. The van der Waals surface area contributed by atoms with E-state index in [0.29, 0.717) is 0 Å². The van der Waals surface area contributed by atoms with E-state index in [0.717, 1.165) is 15.6 Å². The highest BCUT2D eigenvalue weighted by molar-refractivity contribution is 7.11. The number of likely N-dealkylation sites (N-methyl/N-ethyl adjacent to an activating group) is 1. The van der Waals surface area contributed by atoms with E-state index in [-0.39, 0.29) is 24.2 Å². The van der Waals surface area contributed by atoms with Gasteiger partial charge in [-0.1, -0.05) is 5.21 Å². The molecule has 2 rings (SSSR count). The van der Waals surface area contributed by atoms with E-state index in [2.05, 4.69) is 15.3 Å². The first-order valence-corrected chi connectivity index (χ1v) is 7.44. The van der Waals surface area contributed by atoms with Crippen LogP contribution in [0.2, 0.25) is 0 Å². The van der Waals surface area contributed by atoms with Gasteiger partial charge in [0.1, 0.15) is 6.54 Å². The van der Waals surface area contributed by atoms with Crippen LogP contribution in [0.15, 0.2) is 6.20 Å². The molecule has 1 N–H and O–H groups in total. The Labute approximate surface area is 131 Å². The van der Waals surface area contributed by atoms with Crippen LogP contribution in [-0.4, -0.2) is 48.9 Å². The first-order chi connectivity index (χ1) is 10.3. The third-order valence-electron chi connectivity index (χ3n) is 3.35. The van der Waals surface area contributed by atoms with Crippen molar-refractivity contribution in [3.8, 4) is 0 Å². The number of aromatic carboxylic acids is 1. The standard InChI is InChI=1S/C13H17N5O3S/c1-7-12(22-9(3)14-7)8(2)17(4)11(19)6-18-5-10(13(20)21)15-16-18/h5,8H,6H2,1-4H3,(H,20,21). The van der Waals surface area contributed by atoms with Gasteiger partial charge in [0, 0.05) is 11.9 Å². The maximum Gasteiger partial charge on any atom is 0.358 e. The molecule has 1 atom stereocenters. The zero-order valence-corrected chi connectivity index (χ0v) is 13.6. The lowest BCUT2D eigenvalue weighted by Crippen LogP contribution is -2.32. The minimum absolute atomic E-state index is 0.0576. The van der Waals surface area contributed by atoms with Crippen LogP contribution in [0.25, 0.3) is 0 Å². The van der Waals surface area contributed by atoms with Gasteiger partial charge in [0.2, 0.25) is 5.91 Å². The maximum absolute atomic E-state index is 12.3. The molecule has 118 valence electrons. The third-order valence-corrected chi connectivity index (χ3v) is 4.59. The smallest absolute Gasteiger partial charge is 0.358 e. The number of carbonyl (C=O) groups excluding carboxylic acids is 1. The van der Waals surface area contributed by atoms with Crippen LogP contribution in [0, 0.1) is 13.8 Å². The molecule has 9 heteroatoms. The van der Waals surface area contributed by atoms with E-state index >= 15 is 0 Å². The average molecular weight is 323 g/mol. The maximum atomic E-state index is 12.3. The summed E-state index contributed by atoms with van der Waals surface area (Å²) in [6.07, 6.45) is 1.24. The monoisotopic (exact) mass is 323 g/mol. The molecule has 0 aliphatic rings. The van der Waals surface area contributed by atoms with Gasteiger partial charge in [-0.2, -0.15) is 0 Å². The van der Waals surface area contributed by atoms with E-state index in [1.54, 1.807) is 23.3 Å². The molecule has 0 bridgehead atoms. The van der Waals surface area contributed by atoms with Gasteiger partial charge in [-0.15, -0.1) is 16.4 Å². The van der Waals surface area contributed by atoms with Crippen molar-refractivity contribution in [3.63, 3.8) is 0 Å². The summed E-state index contributed by atoms with van der Waals surface area (Å²) in [6, 6.07) is -0.110. The number of amides is 1. The second-order valence-electron chi connectivity index (χ2n) is 4.97. The van der Waals surface area contributed by atoms with Crippen molar-refractivity contribution in [1.82, 2.24) is 24.9 Å². The Morgan fingerprint density at radius 2 is 2.14 bits per heavy atom. The van der Waals surface area contributed by atoms with Gasteiger partial charge < -0.3 is 10.0 Å². The topological polar surface area (TPSA) is 101 Å². The molecular formula is C13H17N5O3S. The fraction of sp³-hybridized carbons (Fsp3) is 0.462. The first kappa shape index (κ1) is 16.1. The highest BCUT2D eigenvalue weighted by Crippen LogP contribution is 2.28. The summed E-state index contributed by atoms with van der Waals surface area (Å²) in [5.74, 6) is -1.35. The zero-order valence-electron chi connectivity index (χ0n) is 12.8. The minimum atomic E-state index is -1.17. The molecule has 0 saturated carbocycles. The summed E-state index contributed by atoms with van der Waals surface area (Å²) in [6.45, 7) is 5.72. The Morgan fingerprint density at radius 3 is 2.64 bits per heavy atom. The number of hydrogen-bond acceptors (Lipinski definition) is 6. The zero-order chi connectivity index (χ0) is 16.4. The Balaban J connectivity index is 2.08. The van der Waals surface area contributed by atoms with Crippen LogP contribution in [0.5, 0.6) is 0 Å².